The summed E-state index contributed by atoms with van der Waals surface area (Å²) in [4.78, 5) is 62.9. The number of ether oxygens (including phenoxy) is 1. The van der Waals surface area contributed by atoms with Crippen LogP contribution in [0, 0.1) is 0 Å². The highest BCUT2D eigenvalue weighted by atomic mass is 16.5. The summed E-state index contributed by atoms with van der Waals surface area (Å²) in [5.41, 5.74) is 0.436. The van der Waals surface area contributed by atoms with Gasteiger partial charge in [0.1, 0.15) is 0 Å². The van der Waals surface area contributed by atoms with Crippen LogP contribution < -0.4 is 10.6 Å². The van der Waals surface area contributed by atoms with Crippen molar-refractivity contribution >= 4 is 29.7 Å². The molecule has 0 spiro atoms. The number of amides is 5. The largest absolute Gasteiger partial charge is 0.449 e. The third-order valence-corrected chi connectivity index (χ3v) is 5.77. The molecule has 2 N–H and O–H groups in total. The Labute approximate surface area is 186 Å². The first kappa shape index (κ1) is 23.4. The van der Waals surface area contributed by atoms with Crippen molar-refractivity contribution in [2.45, 2.75) is 70.9 Å². The van der Waals surface area contributed by atoms with Crippen molar-refractivity contribution in [1.82, 2.24) is 15.5 Å². The molecular weight excluding hydrogens is 414 g/mol. The molecule has 1 heterocycles. The predicted molar refractivity (Wildman–Crippen MR) is 115 cm³/mol. The van der Waals surface area contributed by atoms with Crippen LogP contribution in [0.5, 0.6) is 0 Å². The second-order valence-electron chi connectivity index (χ2n) is 8.22. The molecule has 9 heteroatoms. The van der Waals surface area contributed by atoms with E-state index >= 15 is 0 Å². The molecule has 0 saturated heterocycles. The van der Waals surface area contributed by atoms with E-state index in [0.29, 0.717) is 13.0 Å². The van der Waals surface area contributed by atoms with E-state index < -0.39 is 29.9 Å². The number of nitrogens with one attached hydrogen (secondary N) is 2. The minimum atomic E-state index is -1.22. The van der Waals surface area contributed by atoms with Gasteiger partial charge in [-0.15, -0.1) is 0 Å². The van der Waals surface area contributed by atoms with Crippen LogP contribution in [0.2, 0.25) is 0 Å². The Morgan fingerprint density at radius 1 is 1.09 bits per heavy atom. The Balaban J connectivity index is 1.57. The van der Waals surface area contributed by atoms with Gasteiger partial charge >= 0.3 is 12.0 Å². The minimum absolute atomic E-state index is 0.0398. The molecule has 1 unspecified atom stereocenters. The summed E-state index contributed by atoms with van der Waals surface area (Å²) < 4.78 is 5.16. The fraction of sp³-hybridized carbons (Fsp3) is 0.522. The minimum Gasteiger partial charge on any atom is -0.449 e. The fourth-order valence-corrected chi connectivity index (χ4v) is 3.90. The van der Waals surface area contributed by atoms with Gasteiger partial charge in [0.2, 0.25) is 0 Å². The number of urea groups is 1. The molecule has 1 saturated carbocycles. The van der Waals surface area contributed by atoms with Crippen LogP contribution in [0.4, 0.5) is 4.79 Å². The van der Waals surface area contributed by atoms with Gasteiger partial charge in [0, 0.05) is 12.6 Å². The zero-order chi connectivity index (χ0) is 23.3. The van der Waals surface area contributed by atoms with Gasteiger partial charge in [0.25, 0.3) is 17.7 Å². The first-order chi connectivity index (χ1) is 15.3. The van der Waals surface area contributed by atoms with Crippen molar-refractivity contribution in [3.63, 3.8) is 0 Å². The molecule has 0 bridgehead atoms. The number of rotatable bonds is 7. The molecule has 0 aromatic heterocycles. The van der Waals surface area contributed by atoms with Crippen LogP contribution in [0.15, 0.2) is 18.2 Å². The smallest absolute Gasteiger partial charge is 0.338 e. The standard InChI is InChI=1S/C23H29N3O6/c1-3-4-12-26-20(28)17-11-10-15(13-18(17)21(26)29)22(30)32-14(2)19(27)25-23(31)24-16-8-6-5-7-9-16/h10-11,13-14,16H,3-9,12H2,1-2H3,(H2,24,25,27,31). The molecule has 5 amide bonds. The summed E-state index contributed by atoms with van der Waals surface area (Å²) >= 11 is 0. The third kappa shape index (κ3) is 5.33. The number of carbonyl (C=O) groups excluding carboxylic acids is 5. The van der Waals surface area contributed by atoms with Crippen molar-refractivity contribution in [2.75, 3.05) is 6.54 Å². The van der Waals surface area contributed by atoms with Crippen molar-refractivity contribution in [1.29, 1.82) is 0 Å². The monoisotopic (exact) mass is 443 g/mol. The molecule has 0 radical (unpaired) electrons. The lowest BCUT2D eigenvalue weighted by atomic mass is 9.96. The number of carbonyl (C=O) groups is 5. The lowest BCUT2D eigenvalue weighted by Gasteiger charge is -2.23. The van der Waals surface area contributed by atoms with E-state index in [1.807, 2.05) is 6.92 Å². The van der Waals surface area contributed by atoms with Crippen LogP contribution in [0.25, 0.3) is 0 Å². The third-order valence-electron chi connectivity index (χ3n) is 5.77. The maximum Gasteiger partial charge on any atom is 0.338 e. The van der Waals surface area contributed by atoms with Crippen LogP contribution in [-0.4, -0.2) is 53.3 Å². The number of hydrogen-bond donors (Lipinski definition) is 2. The number of benzene rings is 1. The van der Waals surface area contributed by atoms with E-state index in [9.17, 15) is 24.0 Å². The SMILES string of the molecule is CCCCN1C(=O)c2ccc(C(=O)OC(C)C(=O)NC(=O)NC3CCCCC3)cc2C1=O. The number of esters is 1. The molecule has 3 rings (SSSR count). The van der Waals surface area contributed by atoms with Crippen LogP contribution >= 0.6 is 0 Å². The van der Waals surface area contributed by atoms with Crippen LogP contribution in [0.1, 0.15) is 89.9 Å². The molecule has 1 atom stereocenters. The molecule has 9 nitrogen and oxygen atoms in total. The van der Waals surface area contributed by atoms with E-state index in [0.717, 1.165) is 38.5 Å². The molecule has 1 fully saturated rings. The zero-order valence-corrected chi connectivity index (χ0v) is 18.4. The summed E-state index contributed by atoms with van der Waals surface area (Å²) in [5.74, 6) is -2.39. The number of nitrogens with zero attached hydrogens (tertiary/aromatic N) is 1. The van der Waals surface area contributed by atoms with E-state index in [4.69, 9.17) is 4.74 Å². The molecule has 172 valence electrons. The second kappa shape index (κ2) is 10.4. The molecule has 32 heavy (non-hydrogen) atoms. The van der Waals surface area contributed by atoms with Crippen molar-refractivity contribution < 1.29 is 28.7 Å². The Hall–Kier alpha value is -3.23. The molecule has 1 aromatic rings. The van der Waals surface area contributed by atoms with Crippen molar-refractivity contribution in [3.8, 4) is 0 Å². The van der Waals surface area contributed by atoms with Crippen molar-refractivity contribution in [2.24, 2.45) is 0 Å². The highest BCUT2D eigenvalue weighted by molar-refractivity contribution is 6.22. The topological polar surface area (TPSA) is 122 Å². The van der Waals surface area contributed by atoms with Gasteiger partial charge in [-0.2, -0.15) is 0 Å². The lowest BCUT2D eigenvalue weighted by Crippen LogP contribution is -2.48. The molecular formula is C23H29N3O6. The normalized spacial score (nSPS) is 17.0. The summed E-state index contributed by atoms with van der Waals surface area (Å²) in [7, 11) is 0. The summed E-state index contributed by atoms with van der Waals surface area (Å²) in [6, 6.07) is 3.54. The van der Waals surface area contributed by atoms with Crippen molar-refractivity contribution in [3.05, 3.63) is 34.9 Å². The van der Waals surface area contributed by atoms with E-state index in [-0.39, 0.29) is 28.6 Å². The highest BCUT2D eigenvalue weighted by Crippen LogP contribution is 2.25. The predicted octanol–water partition coefficient (Wildman–Crippen LogP) is 2.79. The average Bonchev–Trinajstić information content (AvgIpc) is 3.02. The summed E-state index contributed by atoms with van der Waals surface area (Å²) in [6.45, 7) is 3.64. The quantitative estimate of drug-likeness (QED) is 0.494. The van der Waals surface area contributed by atoms with Gasteiger partial charge in [-0.1, -0.05) is 32.6 Å². The molecule has 1 aliphatic carbocycles. The molecule has 2 aliphatic rings. The number of hydrogen-bond acceptors (Lipinski definition) is 6. The Morgan fingerprint density at radius 2 is 1.78 bits per heavy atom. The lowest BCUT2D eigenvalue weighted by molar-refractivity contribution is -0.127. The zero-order valence-electron chi connectivity index (χ0n) is 18.4. The van der Waals surface area contributed by atoms with Gasteiger partial charge in [-0.25, -0.2) is 9.59 Å². The van der Waals surface area contributed by atoms with E-state index in [2.05, 4.69) is 10.6 Å². The fourth-order valence-electron chi connectivity index (χ4n) is 3.90. The van der Waals surface area contributed by atoms with E-state index in [1.165, 1.54) is 30.0 Å². The highest BCUT2D eigenvalue weighted by Gasteiger charge is 2.35. The van der Waals surface area contributed by atoms with Gasteiger partial charge < -0.3 is 10.1 Å². The van der Waals surface area contributed by atoms with Gasteiger partial charge in [-0.3, -0.25) is 24.6 Å². The van der Waals surface area contributed by atoms with Crippen LogP contribution in [-0.2, 0) is 9.53 Å². The first-order valence-corrected chi connectivity index (χ1v) is 11.1. The average molecular weight is 444 g/mol. The Kier molecular flexibility index (Phi) is 7.61. The second-order valence-corrected chi connectivity index (χ2v) is 8.22. The van der Waals surface area contributed by atoms with Gasteiger partial charge in [0.05, 0.1) is 16.7 Å². The number of fused-ring (bicyclic) bond motifs is 1. The van der Waals surface area contributed by atoms with E-state index in [1.54, 1.807) is 0 Å². The summed E-state index contributed by atoms with van der Waals surface area (Å²) in [5, 5.41) is 4.95. The number of unbranched alkanes of at least 4 members (excludes halogenated alkanes) is 1. The van der Waals surface area contributed by atoms with Gasteiger partial charge in [-0.05, 0) is 44.4 Å². The molecule has 1 aromatic carbocycles. The number of imide groups is 2. The maximum absolute atomic E-state index is 12.5. The first-order valence-electron chi connectivity index (χ1n) is 11.1. The summed E-state index contributed by atoms with van der Waals surface area (Å²) in [6.07, 6.45) is 5.29. The molecule has 1 aliphatic heterocycles. The van der Waals surface area contributed by atoms with Crippen LogP contribution in [0.3, 0.4) is 0 Å². The van der Waals surface area contributed by atoms with Gasteiger partial charge in [0.15, 0.2) is 6.10 Å². The Morgan fingerprint density at radius 3 is 2.47 bits per heavy atom. The maximum atomic E-state index is 12.5. The Bertz CT molecular complexity index is 922.